The monoisotopic (exact) mass is 422 g/mol. The van der Waals surface area contributed by atoms with Gasteiger partial charge in [-0.3, -0.25) is 14.4 Å². The Kier molecular flexibility index (Phi) is 4.67. The molecular weight excluding hydrogens is 404 g/mol. The van der Waals surface area contributed by atoms with Gasteiger partial charge in [-0.05, 0) is 41.8 Å². The lowest BCUT2D eigenvalue weighted by Gasteiger charge is -2.16. The van der Waals surface area contributed by atoms with Crippen LogP contribution in [0.5, 0.6) is 5.75 Å². The van der Waals surface area contributed by atoms with Crippen molar-refractivity contribution in [3.8, 4) is 5.75 Å². The fourth-order valence-electron chi connectivity index (χ4n) is 3.95. The molecule has 1 aliphatic heterocycles. The fourth-order valence-corrected chi connectivity index (χ4v) is 3.95. The van der Waals surface area contributed by atoms with Gasteiger partial charge in [0.2, 0.25) is 0 Å². The molecule has 0 aliphatic carbocycles. The van der Waals surface area contributed by atoms with Crippen LogP contribution in [0.3, 0.4) is 0 Å². The molecule has 4 aromatic carbocycles. The number of rotatable bonds is 4. The predicted octanol–water partition coefficient (Wildman–Crippen LogP) is 4.90. The summed E-state index contributed by atoms with van der Waals surface area (Å²) in [6.07, 6.45) is 0. The van der Waals surface area contributed by atoms with Crippen molar-refractivity contribution in [3.05, 3.63) is 102 Å². The molecule has 0 spiro atoms. The van der Waals surface area contributed by atoms with Gasteiger partial charge in [-0.2, -0.15) is 0 Å². The van der Waals surface area contributed by atoms with Gasteiger partial charge in [0.1, 0.15) is 5.75 Å². The molecule has 0 saturated heterocycles. The Morgan fingerprint density at radius 1 is 0.812 bits per heavy atom. The molecule has 156 valence electrons. The average molecular weight is 422 g/mol. The van der Waals surface area contributed by atoms with Gasteiger partial charge in [-0.1, -0.05) is 48.5 Å². The van der Waals surface area contributed by atoms with E-state index in [2.05, 4.69) is 5.32 Å². The maximum atomic E-state index is 13.2. The topological polar surface area (TPSA) is 75.7 Å². The van der Waals surface area contributed by atoms with Crippen molar-refractivity contribution in [2.75, 3.05) is 17.3 Å². The van der Waals surface area contributed by atoms with E-state index in [-0.39, 0.29) is 16.7 Å². The molecule has 0 aromatic heterocycles. The summed E-state index contributed by atoms with van der Waals surface area (Å²) in [4.78, 5) is 40.3. The number of hydrogen-bond donors (Lipinski definition) is 1. The number of nitrogens with zero attached hydrogens (tertiary/aromatic N) is 1. The summed E-state index contributed by atoms with van der Waals surface area (Å²) in [5, 5.41) is 4.52. The standard InChI is InChI=1S/C26H18N2O4/c1-32-23-12-5-4-10-21(23)27-24(29)17-13-14-19-20(15-17)26(31)28(25(19)30)22-11-6-8-16-7-2-3-9-18(16)22/h2-15H,1H3,(H,27,29). The summed E-state index contributed by atoms with van der Waals surface area (Å²) in [5.41, 5.74) is 1.79. The van der Waals surface area contributed by atoms with Crippen molar-refractivity contribution >= 4 is 39.9 Å². The summed E-state index contributed by atoms with van der Waals surface area (Å²) in [6.45, 7) is 0. The zero-order chi connectivity index (χ0) is 22.2. The van der Waals surface area contributed by atoms with E-state index >= 15 is 0 Å². The summed E-state index contributed by atoms with van der Waals surface area (Å²) in [7, 11) is 1.52. The zero-order valence-electron chi connectivity index (χ0n) is 17.2. The lowest BCUT2D eigenvalue weighted by Crippen LogP contribution is -2.29. The number of benzene rings is 4. The van der Waals surface area contributed by atoms with Crippen LogP contribution < -0.4 is 15.0 Å². The van der Waals surface area contributed by atoms with Crippen molar-refractivity contribution in [1.82, 2.24) is 0 Å². The number of amides is 3. The Hall–Kier alpha value is -4.45. The fraction of sp³-hybridized carbons (Fsp3) is 0.0385. The molecule has 0 fully saturated rings. The van der Waals surface area contributed by atoms with Crippen molar-refractivity contribution in [1.29, 1.82) is 0 Å². The van der Waals surface area contributed by atoms with E-state index < -0.39 is 17.7 Å². The summed E-state index contributed by atoms with van der Waals surface area (Å²) < 4.78 is 5.27. The number of para-hydroxylation sites is 2. The van der Waals surface area contributed by atoms with Gasteiger partial charge in [-0.25, -0.2) is 4.90 Å². The zero-order valence-corrected chi connectivity index (χ0v) is 17.2. The molecule has 32 heavy (non-hydrogen) atoms. The van der Waals surface area contributed by atoms with Crippen LogP contribution in [0.4, 0.5) is 11.4 Å². The minimum atomic E-state index is -0.451. The largest absolute Gasteiger partial charge is 0.495 e. The van der Waals surface area contributed by atoms with Crippen LogP contribution in [-0.2, 0) is 0 Å². The molecule has 6 nitrogen and oxygen atoms in total. The minimum Gasteiger partial charge on any atom is -0.495 e. The Morgan fingerprint density at radius 2 is 1.53 bits per heavy atom. The first-order valence-corrected chi connectivity index (χ1v) is 10.0. The van der Waals surface area contributed by atoms with Crippen LogP contribution in [0.1, 0.15) is 31.1 Å². The molecule has 1 aliphatic rings. The average Bonchev–Trinajstić information content (AvgIpc) is 3.08. The third-order valence-corrected chi connectivity index (χ3v) is 5.51. The summed E-state index contributed by atoms with van der Waals surface area (Å²) >= 11 is 0. The normalized spacial score (nSPS) is 12.7. The number of hydrogen-bond acceptors (Lipinski definition) is 4. The van der Waals surface area contributed by atoms with Gasteiger partial charge in [-0.15, -0.1) is 0 Å². The SMILES string of the molecule is COc1ccccc1NC(=O)c1ccc2c(c1)C(=O)N(c1cccc3ccccc13)C2=O. The van der Waals surface area contributed by atoms with Crippen LogP contribution in [0.2, 0.25) is 0 Å². The Balaban J connectivity index is 1.50. The molecule has 4 aromatic rings. The second-order valence-corrected chi connectivity index (χ2v) is 7.36. The van der Waals surface area contributed by atoms with E-state index in [0.29, 0.717) is 17.1 Å². The highest BCUT2D eigenvalue weighted by Crippen LogP contribution is 2.34. The lowest BCUT2D eigenvalue weighted by molar-refractivity contribution is 0.0925. The minimum absolute atomic E-state index is 0.204. The van der Waals surface area contributed by atoms with Crippen LogP contribution in [0.25, 0.3) is 10.8 Å². The van der Waals surface area contributed by atoms with Gasteiger partial charge in [0.05, 0.1) is 29.6 Å². The molecule has 5 rings (SSSR count). The summed E-state index contributed by atoms with van der Waals surface area (Å²) in [6, 6.07) is 24.6. The van der Waals surface area contributed by atoms with E-state index in [9.17, 15) is 14.4 Å². The van der Waals surface area contributed by atoms with Crippen molar-refractivity contribution in [2.45, 2.75) is 0 Å². The van der Waals surface area contributed by atoms with E-state index in [1.165, 1.54) is 24.1 Å². The lowest BCUT2D eigenvalue weighted by atomic mass is 10.1. The third kappa shape index (κ3) is 3.09. The van der Waals surface area contributed by atoms with E-state index in [4.69, 9.17) is 4.74 Å². The van der Waals surface area contributed by atoms with Crippen LogP contribution in [-0.4, -0.2) is 24.8 Å². The van der Waals surface area contributed by atoms with Crippen molar-refractivity contribution in [3.63, 3.8) is 0 Å². The van der Waals surface area contributed by atoms with Crippen molar-refractivity contribution in [2.24, 2.45) is 0 Å². The highest BCUT2D eigenvalue weighted by molar-refractivity contribution is 6.36. The molecule has 1 N–H and O–H groups in total. The highest BCUT2D eigenvalue weighted by atomic mass is 16.5. The predicted molar refractivity (Wildman–Crippen MR) is 122 cm³/mol. The smallest absolute Gasteiger partial charge is 0.266 e. The Bertz CT molecular complexity index is 1400. The number of carbonyl (C=O) groups excluding carboxylic acids is 3. The quantitative estimate of drug-likeness (QED) is 0.475. The maximum absolute atomic E-state index is 13.2. The molecule has 0 bridgehead atoms. The number of imide groups is 1. The van der Waals surface area contributed by atoms with Gasteiger partial charge in [0.15, 0.2) is 0 Å². The summed E-state index contributed by atoms with van der Waals surface area (Å²) in [5.74, 6) is -0.733. The van der Waals surface area contributed by atoms with Gasteiger partial charge < -0.3 is 10.1 Å². The Labute approximate surface area is 184 Å². The first-order chi connectivity index (χ1) is 15.6. The van der Waals surface area contributed by atoms with Crippen molar-refractivity contribution < 1.29 is 19.1 Å². The second-order valence-electron chi connectivity index (χ2n) is 7.36. The number of anilines is 2. The molecule has 0 radical (unpaired) electrons. The Morgan fingerprint density at radius 3 is 2.38 bits per heavy atom. The van der Waals surface area contributed by atoms with E-state index in [0.717, 1.165) is 10.8 Å². The molecule has 0 unspecified atom stereocenters. The molecule has 3 amide bonds. The van der Waals surface area contributed by atoms with E-state index in [1.807, 2.05) is 36.4 Å². The number of methoxy groups -OCH3 is 1. The number of nitrogens with one attached hydrogen (secondary N) is 1. The molecule has 6 heteroatoms. The first-order valence-electron chi connectivity index (χ1n) is 10.0. The van der Waals surface area contributed by atoms with Gasteiger partial charge in [0.25, 0.3) is 17.7 Å². The number of carbonyl (C=O) groups is 3. The molecular formula is C26H18N2O4. The van der Waals surface area contributed by atoms with Crippen LogP contribution in [0.15, 0.2) is 84.9 Å². The van der Waals surface area contributed by atoms with Crippen LogP contribution in [0, 0.1) is 0 Å². The van der Waals surface area contributed by atoms with E-state index in [1.54, 1.807) is 36.4 Å². The number of ether oxygens (including phenoxy) is 1. The van der Waals surface area contributed by atoms with Gasteiger partial charge in [0, 0.05) is 10.9 Å². The highest BCUT2D eigenvalue weighted by Gasteiger charge is 2.37. The molecule has 0 saturated carbocycles. The van der Waals surface area contributed by atoms with Gasteiger partial charge >= 0.3 is 0 Å². The van der Waals surface area contributed by atoms with Crippen LogP contribution >= 0.6 is 0 Å². The number of fused-ring (bicyclic) bond motifs is 2. The maximum Gasteiger partial charge on any atom is 0.266 e. The molecule has 1 heterocycles. The second kappa shape index (κ2) is 7.67. The first kappa shape index (κ1) is 19.5. The third-order valence-electron chi connectivity index (χ3n) is 5.51. The molecule has 0 atom stereocenters.